The molecule has 2 heterocycles. The minimum absolute atomic E-state index is 0.0601. The molecule has 1 fully saturated rings. The summed E-state index contributed by atoms with van der Waals surface area (Å²) in [6.07, 6.45) is 7.26. The van der Waals surface area contributed by atoms with Crippen molar-refractivity contribution in [3.05, 3.63) is 46.8 Å². The van der Waals surface area contributed by atoms with Crippen LogP contribution in [0, 0.1) is 0 Å². The Morgan fingerprint density at radius 2 is 2.25 bits per heavy atom. The molecule has 3 rings (SSSR count). The SMILES string of the molecule is O=c1[nH]cc(-c2cccnc2)nc1C1CC1. The fourth-order valence-electron chi connectivity index (χ4n) is 1.72. The van der Waals surface area contributed by atoms with Crippen LogP contribution in [-0.2, 0) is 0 Å². The second kappa shape index (κ2) is 3.56. The van der Waals surface area contributed by atoms with Crippen molar-refractivity contribution in [2.75, 3.05) is 0 Å². The third kappa shape index (κ3) is 1.62. The molecule has 0 saturated heterocycles. The Balaban J connectivity index is 2.09. The lowest BCUT2D eigenvalue weighted by Gasteiger charge is -2.02. The van der Waals surface area contributed by atoms with E-state index in [1.165, 1.54) is 0 Å². The van der Waals surface area contributed by atoms with Gasteiger partial charge < -0.3 is 4.98 Å². The zero-order valence-electron chi connectivity index (χ0n) is 8.68. The summed E-state index contributed by atoms with van der Waals surface area (Å²) in [5, 5.41) is 0. The van der Waals surface area contributed by atoms with E-state index in [0.29, 0.717) is 11.6 Å². The Hall–Kier alpha value is -1.97. The van der Waals surface area contributed by atoms with Crippen LogP contribution in [0.25, 0.3) is 11.3 Å². The van der Waals surface area contributed by atoms with Gasteiger partial charge in [0.25, 0.3) is 5.56 Å². The molecular weight excluding hydrogens is 202 g/mol. The van der Waals surface area contributed by atoms with Crippen molar-refractivity contribution in [2.45, 2.75) is 18.8 Å². The number of nitrogens with one attached hydrogen (secondary N) is 1. The zero-order valence-corrected chi connectivity index (χ0v) is 8.68. The highest BCUT2D eigenvalue weighted by atomic mass is 16.1. The maximum Gasteiger partial charge on any atom is 0.269 e. The molecule has 0 aliphatic heterocycles. The number of aromatic amines is 1. The molecule has 2 aromatic heterocycles. The Labute approximate surface area is 92.4 Å². The molecule has 4 heteroatoms. The van der Waals surface area contributed by atoms with Crippen LogP contribution in [-0.4, -0.2) is 15.0 Å². The van der Waals surface area contributed by atoms with Crippen molar-refractivity contribution in [1.29, 1.82) is 0 Å². The van der Waals surface area contributed by atoms with Gasteiger partial charge in [0, 0.05) is 30.1 Å². The number of H-pyrrole nitrogens is 1. The Morgan fingerprint density at radius 1 is 1.38 bits per heavy atom. The quantitative estimate of drug-likeness (QED) is 0.826. The normalized spacial score (nSPS) is 15.0. The van der Waals surface area contributed by atoms with Gasteiger partial charge in [-0.05, 0) is 25.0 Å². The second-order valence-corrected chi connectivity index (χ2v) is 4.02. The Bertz CT molecular complexity index is 558. The van der Waals surface area contributed by atoms with Crippen LogP contribution >= 0.6 is 0 Å². The average molecular weight is 213 g/mol. The first-order valence-corrected chi connectivity index (χ1v) is 5.34. The summed E-state index contributed by atoms with van der Waals surface area (Å²) in [5.41, 5.74) is 2.33. The van der Waals surface area contributed by atoms with Gasteiger partial charge in [0.1, 0.15) is 5.69 Å². The van der Waals surface area contributed by atoms with Crippen LogP contribution < -0.4 is 5.56 Å². The van der Waals surface area contributed by atoms with E-state index < -0.39 is 0 Å². The molecule has 80 valence electrons. The van der Waals surface area contributed by atoms with Gasteiger partial charge in [-0.25, -0.2) is 4.98 Å². The summed E-state index contributed by atoms with van der Waals surface area (Å²) in [6.45, 7) is 0. The number of nitrogens with zero attached hydrogens (tertiary/aromatic N) is 2. The molecule has 0 spiro atoms. The van der Waals surface area contributed by atoms with E-state index in [4.69, 9.17) is 0 Å². The van der Waals surface area contributed by atoms with Crippen molar-refractivity contribution in [3.8, 4) is 11.3 Å². The number of hydrogen-bond donors (Lipinski definition) is 1. The number of rotatable bonds is 2. The molecule has 0 radical (unpaired) electrons. The molecule has 16 heavy (non-hydrogen) atoms. The average Bonchev–Trinajstić information content (AvgIpc) is 3.15. The largest absolute Gasteiger partial charge is 0.325 e. The van der Waals surface area contributed by atoms with Crippen LogP contribution in [0.3, 0.4) is 0 Å². The topological polar surface area (TPSA) is 58.6 Å². The number of hydrogen-bond acceptors (Lipinski definition) is 3. The van der Waals surface area contributed by atoms with Gasteiger partial charge in [0.2, 0.25) is 0 Å². The summed E-state index contributed by atoms with van der Waals surface area (Å²) < 4.78 is 0. The molecular formula is C12H11N3O. The van der Waals surface area contributed by atoms with E-state index in [9.17, 15) is 4.79 Å². The molecule has 0 unspecified atom stereocenters. The van der Waals surface area contributed by atoms with Crippen molar-refractivity contribution in [2.24, 2.45) is 0 Å². The molecule has 1 N–H and O–H groups in total. The molecule has 1 aliphatic carbocycles. The van der Waals surface area contributed by atoms with Crippen LogP contribution in [0.5, 0.6) is 0 Å². The zero-order chi connectivity index (χ0) is 11.0. The molecule has 0 amide bonds. The molecule has 0 atom stereocenters. The molecule has 4 nitrogen and oxygen atoms in total. The Morgan fingerprint density at radius 3 is 2.94 bits per heavy atom. The molecule has 1 saturated carbocycles. The summed E-state index contributed by atoms with van der Waals surface area (Å²) >= 11 is 0. The van der Waals surface area contributed by atoms with E-state index in [1.54, 1.807) is 18.6 Å². The summed E-state index contributed by atoms with van der Waals surface area (Å²) in [6, 6.07) is 3.79. The van der Waals surface area contributed by atoms with Crippen LogP contribution in [0.1, 0.15) is 24.5 Å². The maximum atomic E-state index is 11.6. The van der Waals surface area contributed by atoms with Gasteiger partial charge in [0.05, 0.1) is 5.69 Å². The highest BCUT2D eigenvalue weighted by molar-refractivity contribution is 5.56. The van der Waals surface area contributed by atoms with Gasteiger partial charge >= 0.3 is 0 Å². The first-order chi connectivity index (χ1) is 7.84. The second-order valence-electron chi connectivity index (χ2n) is 4.02. The molecule has 2 aromatic rings. The van der Waals surface area contributed by atoms with E-state index in [2.05, 4.69) is 15.0 Å². The lowest BCUT2D eigenvalue weighted by molar-refractivity contribution is 0.956. The minimum Gasteiger partial charge on any atom is -0.325 e. The monoisotopic (exact) mass is 213 g/mol. The lowest BCUT2D eigenvalue weighted by atomic mass is 10.2. The van der Waals surface area contributed by atoms with E-state index in [-0.39, 0.29) is 5.56 Å². The van der Waals surface area contributed by atoms with Crippen LogP contribution in [0.4, 0.5) is 0 Å². The molecule has 0 bridgehead atoms. The van der Waals surface area contributed by atoms with E-state index in [0.717, 1.165) is 24.1 Å². The fraction of sp³-hybridized carbons (Fsp3) is 0.250. The van der Waals surface area contributed by atoms with Gasteiger partial charge in [-0.1, -0.05) is 0 Å². The van der Waals surface area contributed by atoms with Crippen LogP contribution in [0.15, 0.2) is 35.5 Å². The smallest absolute Gasteiger partial charge is 0.269 e. The van der Waals surface area contributed by atoms with E-state index in [1.807, 2.05) is 12.1 Å². The summed E-state index contributed by atoms with van der Waals surface area (Å²) in [4.78, 5) is 22.8. The third-order valence-corrected chi connectivity index (χ3v) is 2.73. The fourth-order valence-corrected chi connectivity index (χ4v) is 1.72. The van der Waals surface area contributed by atoms with Crippen molar-refractivity contribution >= 4 is 0 Å². The predicted octanol–water partition coefficient (Wildman–Crippen LogP) is 1.71. The highest BCUT2D eigenvalue weighted by Crippen LogP contribution is 2.37. The van der Waals surface area contributed by atoms with Gasteiger partial charge in [0.15, 0.2) is 0 Å². The van der Waals surface area contributed by atoms with Gasteiger partial charge in [-0.15, -0.1) is 0 Å². The summed E-state index contributed by atoms with van der Waals surface area (Å²) in [5.74, 6) is 0.361. The van der Waals surface area contributed by atoms with Gasteiger partial charge in [-0.3, -0.25) is 9.78 Å². The molecule has 1 aliphatic rings. The first kappa shape index (κ1) is 9.27. The van der Waals surface area contributed by atoms with Crippen LogP contribution in [0.2, 0.25) is 0 Å². The molecule has 0 aromatic carbocycles. The maximum absolute atomic E-state index is 11.6. The number of pyridine rings is 1. The third-order valence-electron chi connectivity index (χ3n) is 2.73. The lowest BCUT2D eigenvalue weighted by Crippen LogP contribution is -2.14. The highest BCUT2D eigenvalue weighted by Gasteiger charge is 2.28. The summed E-state index contributed by atoms with van der Waals surface area (Å²) in [7, 11) is 0. The predicted molar refractivity (Wildman–Crippen MR) is 60.1 cm³/mol. The first-order valence-electron chi connectivity index (χ1n) is 5.34. The standard InChI is InChI=1S/C12H11N3O/c16-12-11(8-3-4-8)15-10(7-14-12)9-2-1-5-13-6-9/h1-2,5-8H,3-4H2,(H,14,16). The Kier molecular flexibility index (Phi) is 2.06. The van der Waals surface area contributed by atoms with Crippen molar-refractivity contribution < 1.29 is 0 Å². The minimum atomic E-state index is -0.0601. The van der Waals surface area contributed by atoms with E-state index >= 15 is 0 Å². The van der Waals surface area contributed by atoms with Gasteiger partial charge in [-0.2, -0.15) is 0 Å². The van der Waals surface area contributed by atoms with Crippen molar-refractivity contribution in [1.82, 2.24) is 15.0 Å². The number of aromatic nitrogens is 3. The van der Waals surface area contributed by atoms with Crippen molar-refractivity contribution in [3.63, 3.8) is 0 Å².